The summed E-state index contributed by atoms with van der Waals surface area (Å²) < 4.78 is 0. The van der Waals surface area contributed by atoms with Gasteiger partial charge in [0.2, 0.25) is 0 Å². The average Bonchev–Trinajstić information content (AvgIpc) is 2.46. The van der Waals surface area contributed by atoms with Gasteiger partial charge in [-0.1, -0.05) is 19.8 Å². The first-order valence-electron chi connectivity index (χ1n) is 5.37. The van der Waals surface area contributed by atoms with Gasteiger partial charge in [0.1, 0.15) is 5.01 Å². The Bertz CT molecular complexity index is 249. The Morgan fingerprint density at radius 2 is 2.07 bits per heavy atom. The predicted molar refractivity (Wildman–Crippen MR) is 62.8 cm³/mol. The summed E-state index contributed by atoms with van der Waals surface area (Å²) >= 11 is 1.80. The van der Waals surface area contributed by atoms with Crippen LogP contribution in [-0.4, -0.2) is 11.5 Å². The van der Waals surface area contributed by atoms with Crippen LogP contribution in [0.3, 0.4) is 0 Å². The van der Waals surface area contributed by atoms with Gasteiger partial charge in [0.05, 0.1) is 5.69 Å². The van der Waals surface area contributed by atoms with Gasteiger partial charge in [-0.15, -0.1) is 11.3 Å². The number of hydrogen-bond donors (Lipinski definition) is 1. The van der Waals surface area contributed by atoms with E-state index in [1.807, 2.05) is 0 Å². The standard InChI is InChI=1S/C11H20N2S/c1-4-5-6-7-12-8-11-13-9(2)10(3)14-11/h12H,4-8H2,1-3H3. The van der Waals surface area contributed by atoms with E-state index in [2.05, 4.69) is 31.1 Å². The molecule has 14 heavy (non-hydrogen) atoms. The van der Waals surface area contributed by atoms with E-state index in [4.69, 9.17) is 0 Å². The summed E-state index contributed by atoms with van der Waals surface area (Å²) in [4.78, 5) is 5.83. The van der Waals surface area contributed by atoms with Gasteiger partial charge < -0.3 is 5.32 Å². The van der Waals surface area contributed by atoms with Crippen molar-refractivity contribution in [2.75, 3.05) is 6.54 Å². The van der Waals surface area contributed by atoms with E-state index >= 15 is 0 Å². The van der Waals surface area contributed by atoms with E-state index in [0.29, 0.717) is 0 Å². The first kappa shape index (κ1) is 11.7. The first-order valence-corrected chi connectivity index (χ1v) is 6.19. The zero-order valence-electron chi connectivity index (χ0n) is 9.39. The van der Waals surface area contributed by atoms with Crippen molar-refractivity contribution in [2.24, 2.45) is 0 Å². The normalized spacial score (nSPS) is 10.8. The molecule has 0 aliphatic carbocycles. The number of unbranched alkanes of at least 4 members (excludes halogenated alkanes) is 2. The minimum Gasteiger partial charge on any atom is -0.310 e. The summed E-state index contributed by atoms with van der Waals surface area (Å²) in [5.41, 5.74) is 1.18. The molecule has 1 heterocycles. The molecule has 0 aliphatic heterocycles. The van der Waals surface area contributed by atoms with E-state index in [1.165, 1.54) is 34.8 Å². The zero-order valence-corrected chi connectivity index (χ0v) is 10.2. The van der Waals surface area contributed by atoms with Crippen molar-refractivity contribution in [3.05, 3.63) is 15.6 Å². The van der Waals surface area contributed by atoms with Crippen LogP contribution in [0.4, 0.5) is 0 Å². The first-order chi connectivity index (χ1) is 6.74. The molecule has 0 spiro atoms. The quantitative estimate of drug-likeness (QED) is 0.733. The molecule has 0 aromatic carbocycles. The largest absolute Gasteiger partial charge is 0.310 e. The molecule has 1 rings (SSSR count). The lowest BCUT2D eigenvalue weighted by Crippen LogP contribution is -2.14. The van der Waals surface area contributed by atoms with Crippen LogP contribution >= 0.6 is 11.3 Å². The third-order valence-corrected chi connectivity index (χ3v) is 3.38. The Balaban J connectivity index is 2.18. The molecule has 2 nitrogen and oxygen atoms in total. The van der Waals surface area contributed by atoms with Crippen LogP contribution in [0.5, 0.6) is 0 Å². The number of nitrogens with one attached hydrogen (secondary N) is 1. The molecule has 0 saturated heterocycles. The molecule has 0 amide bonds. The Labute approximate surface area is 90.8 Å². The molecule has 0 atom stereocenters. The molecule has 0 aliphatic rings. The molecule has 0 radical (unpaired) electrons. The maximum atomic E-state index is 4.48. The van der Waals surface area contributed by atoms with Crippen LogP contribution in [0.2, 0.25) is 0 Å². The maximum absolute atomic E-state index is 4.48. The van der Waals surface area contributed by atoms with E-state index < -0.39 is 0 Å². The average molecular weight is 212 g/mol. The second kappa shape index (κ2) is 6.14. The lowest BCUT2D eigenvalue weighted by molar-refractivity contribution is 0.615. The molecule has 3 heteroatoms. The van der Waals surface area contributed by atoms with Crippen LogP contribution in [0, 0.1) is 13.8 Å². The molecule has 1 aromatic heterocycles. The van der Waals surface area contributed by atoms with Crippen molar-refractivity contribution in [3.63, 3.8) is 0 Å². The lowest BCUT2D eigenvalue weighted by atomic mass is 10.2. The van der Waals surface area contributed by atoms with E-state index in [9.17, 15) is 0 Å². The zero-order chi connectivity index (χ0) is 10.4. The van der Waals surface area contributed by atoms with Gasteiger partial charge in [-0.05, 0) is 26.8 Å². The third-order valence-electron chi connectivity index (χ3n) is 2.31. The summed E-state index contributed by atoms with van der Waals surface area (Å²) in [6.45, 7) is 8.49. The summed E-state index contributed by atoms with van der Waals surface area (Å²) in [5, 5.41) is 4.64. The Hall–Kier alpha value is -0.410. The highest BCUT2D eigenvalue weighted by molar-refractivity contribution is 7.11. The van der Waals surface area contributed by atoms with Gasteiger partial charge in [0.15, 0.2) is 0 Å². The highest BCUT2D eigenvalue weighted by Crippen LogP contribution is 2.15. The number of aryl methyl sites for hydroxylation is 2. The summed E-state index contributed by atoms with van der Waals surface area (Å²) in [6.07, 6.45) is 3.89. The van der Waals surface area contributed by atoms with Gasteiger partial charge >= 0.3 is 0 Å². The number of thiazole rings is 1. The molecule has 0 fully saturated rings. The topological polar surface area (TPSA) is 24.9 Å². The SMILES string of the molecule is CCCCCNCc1nc(C)c(C)s1. The van der Waals surface area contributed by atoms with E-state index in [-0.39, 0.29) is 0 Å². The molecule has 1 N–H and O–H groups in total. The number of aromatic nitrogens is 1. The summed E-state index contributed by atoms with van der Waals surface area (Å²) in [5.74, 6) is 0. The lowest BCUT2D eigenvalue weighted by Gasteiger charge is -2.00. The fourth-order valence-electron chi connectivity index (χ4n) is 1.31. The van der Waals surface area contributed by atoms with Gasteiger partial charge in [-0.3, -0.25) is 0 Å². The molecule has 80 valence electrons. The highest BCUT2D eigenvalue weighted by Gasteiger charge is 2.01. The summed E-state index contributed by atoms with van der Waals surface area (Å²) in [7, 11) is 0. The monoisotopic (exact) mass is 212 g/mol. The second-order valence-electron chi connectivity index (χ2n) is 3.63. The summed E-state index contributed by atoms with van der Waals surface area (Å²) in [6, 6.07) is 0. The Morgan fingerprint density at radius 1 is 1.29 bits per heavy atom. The molecule has 0 unspecified atom stereocenters. The van der Waals surface area contributed by atoms with Crippen LogP contribution < -0.4 is 5.32 Å². The highest BCUT2D eigenvalue weighted by atomic mass is 32.1. The van der Waals surface area contributed by atoms with Crippen LogP contribution in [0.25, 0.3) is 0 Å². The molecule has 1 aromatic rings. The Kier molecular flexibility index (Phi) is 5.12. The van der Waals surface area contributed by atoms with Crippen molar-refractivity contribution in [1.29, 1.82) is 0 Å². The minimum absolute atomic E-state index is 0.934. The van der Waals surface area contributed by atoms with E-state index in [1.54, 1.807) is 11.3 Å². The van der Waals surface area contributed by atoms with Crippen LogP contribution in [0.1, 0.15) is 41.8 Å². The van der Waals surface area contributed by atoms with Crippen molar-refractivity contribution < 1.29 is 0 Å². The number of rotatable bonds is 6. The maximum Gasteiger partial charge on any atom is 0.107 e. The van der Waals surface area contributed by atoms with Crippen LogP contribution in [0.15, 0.2) is 0 Å². The van der Waals surface area contributed by atoms with Gasteiger partial charge in [0, 0.05) is 11.4 Å². The molecular weight excluding hydrogens is 192 g/mol. The van der Waals surface area contributed by atoms with Crippen LogP contribution in [-0.2, 0) is 6.54 Å². The van der Waals surface area contributed by atoms with Crippen molar-refractivity contribution in [1.82, 2.24) is 10.3 Å². The predicted octanol–water partition coefficient (Wildman–Crippen LogP) is 3.04. The smallest absolute Gasteiger partial charge is 0.107 e. The Morgan fingerprint density at radius 3 is 2.64 bits per heavy atom. The van der Waals surface area contributed by atoms with Gasteiger partial charge in [-0.25, -0.2) is 4.98 Å². The second-order valence-corrected chi connectivity index (χ2v) is 4.92. The van der Waals surface area contributed by atoms with E-state index in [0.717, 1.165) is 13.1 Å². The number of hydrogen-bond acceptors (Lipinski definition) is 3. The van der Waals surface area contributed by atoms with Gasteiger partial charge in [-0.2, -0.15) is 0 Å². The molecule has 0 saturated carbocycles. The van der Waals surface area contributed by atoms with Gasteiger partial charge in [0.25, 0.3) is 0 Å². The number of nitrogens with zero attached hydrogens (tertiary/aromatic N) is 1. The molecule has 0 bridgehead atoms. The van der Waals surface area contributed by atoms with Crippen molar-refractivity contribution in [2.45, 2.75) is 46.6 Å². The van der Waals surface area contributed by atoms with Crippen molar-refractivity contribution >= 4 is 11.3 Å². The minimum atomic E-state index is 0.934. The van der Waals surface area contributed by atoms with Crippen molar-refractivity contribution in [3.8, 4) is 0 Å². The third kappa shape index (κ3) is 3.76. The fraction of sp³-hybridized carbons (Fsp3) is 0.727. The molecular formula is C11H20N2S. The fourth-order valence-corrected chi connectivity index (χ4v) is 2.21.